The van der Waals surface area contributed by atoms with E-state index in [0.29, 0.717) is 38.3 Å². The molecular weight excluding hydrogens is 1120 g/mol. The van der Waals surface area contributed by atoms with Crippen LogP contribution in [0.2, 0.25) is 0 Å². The molecule has 0 bridgehead atoms. The van der Waals surface area contributed by atoms with Crippen molar-refractivity contribution >= 4 is 109 Å². The maximum Gasteiger partial charge on any atom is 0.184 e. The van der Waals surface area contributed by atoms with Crippen LogP contribution >= 0.6 is 22.7 Å². The SMILES string of the molecule is CCCCC(CC)Cc1cc2c(cc1CC(CC)CCCC)c1cc(-c3ccc(N(c4ccc(C5OCCO5)cc4)c4cccc5ccccc45)cc3)sc1c1sc(-c3ccc(N(c4ccc(C5OCCO5)cc4)c4cccc5ccccc45)cc3)cc21. The van der Waals surface area contributed by atoms with Gasteiger partial charge in [0.25, 0.3) is 0 Å². The van der Waals surface area contributed by atoms with Crippen molar-refractivity contribution in [3.05, 3.63) is 229 Å². The van der Waals surface area contributed by atoms with Gasteiger partial charge in [0.1, 0.15) is 0 Å². The first-order valence-corrected chi connectivity index (χ1v) is 33.9. The van der Waals surface area contributed by atoms with Crippen LogP contribution in [0.3, 0.4) is 0 Å². The number of thiophene rings is 2. The van der Waals surface area contributed by atoms with Gasteiger partial charge in [0, 0.05) is 65.2 Å². The van der Waals surface area contributed by atoms with Gasteiger partial charge < -0.3 is 28.7 Å². The Morgan fingerprint density at radius 1 is 0.386 bits per heavy atom. The lowest BCUT2D eigenvalue weighted by atomic mass is 9.83. The monoisotopic (exact) mass is 1190 g/mol. The maximum absolute atomic E-state index is 5.90. The number of nitrogens with zero attached hydrogens (tertiary/aromatic N) is 2. The Kier molecular flexibility index (Phi) is 17.3. The van der Waals surface area contributed by atoms with E-state index in [1.807, 2.05) is 22.7 Å². The first-order chi connectivity index (χ1) is 43.4. The number of hydrogen-bond donors (Lipinski definition) is 0. The fourth-order valence-corrected chi connectivity index (χ4v) is 16.2. The lowest BCUT2D eigenvalue weighted by Crippen LogP contribution is -2.10. The van der Waals surface area contributed by atoms with Gasteiger partial charge in [0.15, 0.2) is 12.6 Å². The molecule has 2 aliphatic heterocycles. The van der Waals surface area contributed by atoms with Gasteiger partial charge in [-0.05, 0) is 141 Å². The Bertz CT molecular complexity index is 4080. The van der Waals surface area contributed by atoms with Crippen molar-refractivity contribution < 1.29 is 18.9 Å². The zero-order valence-corrected chi connectivity index (χ0v) is 52.8. The highest BCUT2D eigenvalue weighted by atomic mass is 32.1. The molecule has 8 heteroatoms. The number of rotatable bonds is 22. The van der Waals surface area contributed by atoms with Crippen molar-refractivity contribution in [3.63, 3.8) is 0 Å². The molecule has 0 N–H and O–H groups in total. The van der Waals surface area contributed by atoms with Crippen LogP contribution in [0.4, 0.5) is 34.1 Å². The van der Waals surface area contributed by atoms with Crippen LogP contribution in [-0.2, 0) is 31.8 Å². The van der Waals surface area contributed by atoms with Crippen molar-refractivity contribution in [1.82, 2.24) is 0 Å². The second kappa shape index (κ2) is 26.2. The van der Waals surface area contributed by atoms with E-state index in [1.54, 1.807) is 11.1 Å². The van der Waals surface area contributed by atoms with E-state index in [9.17, 15) is 0 Å². The number of unbranched alkanes of at least 4 members (excludes halogenated alkanes) is 2. The molecule has 2 saturated heterocycles. The minimum atomic E-state index is -0.329. The standard InChI is InChI=1S/C80H78N2O4S2/c1-5-9-17-53(7-3)47-61-49-69-70(50-62(61)48-54(8-4)18-10-6-2)72-52-76(58-29-37-64(38-30-58)82(74-26-16-22-56-20-12-14-24-68(56)74)66-41-33-60(34-42-66)80-85-45-46-86-80)88-78(72)77-71(69)51-75(87-77)57-27-35-63(36-28-57)81(73-25-15-21-55-19-11-13-23-67(55)73)65-39-31-59(32-40-65)79-83-43-44-84-79/h11-16,19-42,49-54,79-80H,5-10,17-18,43-48H2,1-4H3. The molecule has 0 amide bonds. The van der Waals surface area contributed by atoms with Crippen LogP contribution < -0.4 is 9.80 Å². The maximum atomic E-state index is 5.90. The lowest BCUT2D eigenvalue weighted by molar-refractivity contribution is -0.0443. The number of hydrogen-bond acceptors (Lipinski definition) is 8. The Labute approximate surface area is 526 Å². The summed E-state index contributed by atoms with van der Waals surface area (Å²) in [6.45, 7) is 12.0. The molecule has 2 atom stereocenters. The third kappa shape index (κ3) is 11.7. The average molecular weight is 1200 g/mol. The van der Waals surface area contributed by atoms with Gasteiger partial charge >= 0.3 is 0 Å². The third-order valence-corrected chi connectivity index (χ3v) is 21.2. The Morgan fingerprint density at radius 2 is 0.750 bits per heavy atom. The van der Waals surface area contributed by atoms with Crippen molar-refractivity contribution in [2.24, 2.45) is 11.8 Å². The quantitative estimate of drug-likeness (QED) is 0.0674. The summed E-state index contributed by atoms with van der Waals surface area (Å²) >= 11 is 3.90. The van der Waals surface area contributed by atoms with E-state index in [0.717, 1.165) is 58.1 Å². The molecule has 0 radical (unpaired) electrons. The van der Waals surface area contributed by atoms with Crippen LogP contribution in [0.5, 0.6) is 0 Å². The second-order valence-corrected chi connectivity index (χ2v) is 26.3. The predicted molar refractivity (Wildman–Crippen MR) is 373 cm³/mol. The van der Waals surface area contributed by atoms with E-state index in [1.165, 1.54) is 125 Å². The first kappa shape index (κ1) is 58.0. The minimum Gasteiger partial charge on any atom is -0.346 e. The molecule has 2 aromatic heterocycles. The lowest BCUT2D eigenvalue weighted by Gasteiger charge is -2.27. The number of ether oxygens (including phenoxy) is 4. The third-order valence-electron chi connectivity index (χ3n) is 18.6. The molecule has 0 aliphatic carbocycles. The van der Waals surface area contributed by atoms with Crippen LogP contribution in [0.15, 0.2) is 206 Å². The molecule has 2 unspecified atom stereocenters. The second-order valence-electron chi connectivity index (χ2n) is 24.2. The topological polar surface area (TPSA) is 43.4 Å². The summed E-state index contributed by atoms with van der Waals surface area (Å²) in [5.74, 6) is 1.33. The number of benzene rings is 10. The number of anilines is 6. The van der Waals surface area contributed by atoms with Gasteiger partial charge in [0.2, 0.25) is 0 Å². The summed E-state index contributed by atoms with van der Waals surface area (Å²) in [7, 11) is 0. The molecule has 12 aromatic rings. The van der Waals surface area contributed by atoms with Crippen molar-refractivity contribution in [1.29, 1.82) is 0 Å². The molecule has 2 fully saturated rings. The Balaban J connectivity index is 0.893. The van der Waals surface area contributed by atoms with Gasteiger partial charge in [-0.2, -0.15) is 0 Å². The molecule has 88 heavy (non-hydrogen) atoms. The summed E-state index contributed by atoms with van der Waals surface area (Å²) in [5.41, 5.74) is 14.2. The fourth-order valence-electron chi connectivity index (χ4n) is 13.7. The van der Waals surface area contributed by atoms with Crippen molar-refractivity contribution in [2.75, 3.05) is 36.2 Å². The fraction of sp³-hybridized carbons (Fsp3) is 0.275. The summed E-state index contributed by atoms with van der Waals surface area (Å²) in [4.78, 5) is 7.35. The van der Waals surface area contributed by atoms with Crippen molar-refractivity contribution in [3.8, 4) is 20.9 Å². The van der Waals surface area contributed by atoms with E-state index in [4.69, 9.17) is 18.9 Å². The van der Waals surface area contributed by atoms with Crippen LogP contribution in [0.1, 0.15) is 114 Å². The van der Waals surface area contributed by atoms with Gasteiger partial charge in [0.05, 0.1) is 47.2 Å². The molecule has 6 nitrogen and oxygen atoms in total. The average Bonchev–Trinajstić information content (AvgIpc) is 1.70. The van der Waals surface area contributed by atoms with Crippen LogP contribution in [0.25, 0.3) is 73.4 Å². The summed E-state index contributed by atoms with van der Waals surface area (Å²) in [5, 5.41) is 10.3. The van der Waals surface area contributed by atoms with Crippen molar-refractivity contribution in [2.45, 2.75) is 104 Å². The Hall–Kier alpha value is -7.66. The van der Waals surface area contributed by atoms with Gasteiger partial charge in [-0.15, -0.1) is 22.7 Å². The Morgan fingerprint density at radius 3 is 1.12 bits per heavy atom. The smallest absolute Gasteiger partial charge is 0.184 e. The predicted octanol–water partition coefficient (Wildman–Crippen LogP) is 23.5. The summed E-state index contributed by atoms with van der Waals surface area (Å²) in [6.07, 6.45) is 11.6. The summed E-state index contributed by atoms with van der Waals surface area (Å²) < 4.78 is 26.4. The largest absolute Gasteiger partial charge is 0.346 e. The van der Waals surface area contributed by atoms with E-state index < -0.39 is 0 Å². The first-order valence-electron chi connectivity index (χ1n) is 32.3. The molecule has 444 valence electrons. The highest BCUT2D eigenvalue weighted by Gasteiger charge is 2.25. The highest BCUT2D eigenvalue weighted by molar-refractivity contribution is 7.30. The highest BCUT2D eigenvalue weighted by Crippen LogP contribution is 2.50. The number of fused-ring (bicyclic) bond motifs is 8. The van der Waals surface area contributed by atoms with E-state index in [-0.39, 0.29) is 12.6 Å². The molecule has 14 rings (SSSR count). The minimum absolute atomic E-state index is 0.329. The van der Waals surface area contributed by atoms with Gasteiger partial charge in [-0.25, -0.2) is 0 Å². The van der Waals surface area contributed by atoms with Crippen LogP contribution in [-0.4, -0.2) is 26.4 Å². The summed E-state index contributed by atoms with van der Waals surface area (Å²) in [6, 6.07) is 77.0. The molecule has 0 saturated carbocycles. The molecule has 2 aliphatic rings. The zero-order chi connectivity index (χ0) is 59.5. The van der Waals surface area contributed by atoms with Crippen LogP contribution in [0, 0.1) is 11.8 Å². The van der Waals surface area contributed by atoms with Gasteiger partial charge in [-0.3, -0.25) is 0 Å². The van der Waals surface area contributed by atoms with Gasteiger partial charge in [-0.1, -0.05) is 213 Å². The molecular formula is C80H78N2O4S2. The zero-order valence-electron chi connectivity index (χ0n) is 51.2. The molecule has 0 spiro atoms. The molecule has 10 aromatic carbocycles. The molecule has 4 heterocycles. The normalized spacial score (nSPS) is 14.7. The van der Waals surface area contributed by atoms with E-state index in [2.05, 4.69) is 244 Å². The van der Waals surface area contributed by atoms with E-state index >= 15 is 0 Å².